The van der Waals surface area contributed by atoms with Gasteiger partial charge in [-0.05, 0) is 80.9 Å². The van der Waals surface area contributed by atoms with Gasteiger partial charge in [-0.15, -0.1) is 0 Å². The van der Waals surface area contributed by atoms with E-state index >= 15 is 0 Å². The summed E-state index contributed by atoms with van der Waals surface area (Å²) in [4.78, 5) is 28.2. The normalized spacial score (nSPS) is 24.6. The van der Waals surface area contributed by atoms with Crippen LogP contribution in [0.3, 0.4) is 0 Å². The number of aromatic nitrogens is 4. The van der Waals surface area contributed by atoms with Crippen molar-refractivity contribution in [2.24, 2.45) is 17.8 Å². The van der Waals surface area contributed by atoms with Gasteiger partial charge in [-0.3, -0.25) is 0 Å². The number of imidazole rings is 1. The summed E-state index contributed by atoms with van der Waals surface area (Å²) in [6, 6.07) is 7.02. The van der Waals surface area contributed by atoms with Crippen molar-refractivity contribution in [2.45, 2.75) is 90.3 Å². The number of aromatic carboxylic acids is 1. The Hall–Kier alpha value is -3.23. The fourth-order valence-electron chi connectivity index (χ4n) is 6.72. The van der Waals surface area contributed by atoms with Crippen LogP contribution in [0.25, 0.3) is 11.2 Å². The van der Waals surface area contributed by atoms with Crippen molar-refractivity contribution in [1.82, 2.24) is 19.5 Å². The van der Waals surface area contributed by atoms with Gasteiger partial charge in [0.1, 0.15) is 11.3 Å². The van der Waals surface area contributed by atoms with Gasteiger partial charge in [0.15, 0.2) is 11.5 Å². The molecular weight excluding hydrogens is 495 g/mol. The predicted octanol–water partition coefficient (Wildman–Crippen LogP) is 6.43. The van der Waals surface area contributed by atoms with Crippen LogP contribution in [0.15, 0.2) is 24.3 Å². The molecule has 1 saturated heterocycles. The van der Waals surface area contributed by atoms with Crippen LogP contribution in [0.1, 0.15) is 93.9 Å². The Morgan fingerprint density at radius 1 is 1.10 bits per heavy atom. The van der Waals surface area contributed by atoms with Gasteiger partial charge in [0, 0.05) is 19.1 Å². The van der Waals surface area contributed by atoms with Crippen LogP contribution in [-0.4, -0.2) is 43.2 Å². The third-order valence-electron chi connectivity index (χ3n) is 9.31. The zero-order valence-corrected chi connectivity index (χ0v) is 22.9. The summed E-state index contributed by atoms with van der Waals surface area (Å²) in [7, 11) is 0. The van der Waals surface area contributed by atoms with Gasteiger partial charge >= 0.3 is 5.97 Å². The number of nitrogens with one attached hydrogen (secondary N) is 1. The zero-order chi connectivity index (χ0) is 27.1. The van der Waals surface area contributed by atoms with Crippen LogP contribution in [0, 0.1) is 23.6 Å². The molecule has 2 N–H and O–H groups in total. The van der Waals surface area contributed by atoms with Crippen LogP contribution in [0.5, 0.6) is 0 Å². The predicted molar refractivity (Wildman–Crippen MR) is 150 cm³/mol. The number of fused-ring (bicyclic) bond motifs is 1. The Morgan fingerprint density at radius 2 is 1.90 bits per heavy atom. The minimum Gasteiger partial charge on any atom is -0.475 e. The first-order chi connectivity index (χ1) is 18.9. The number of hydrogen-bond acceptors (Lipinski definition) is 6. The number of carboxylic acids is 1. The third-order valence-corrected chi connectivity index (χ3v) is 9.31. The van der Waals surface area contributed by atoms with Gasteiger partial charge in [-0.2, -0.15) is 4.98 Å². The minimum atomic E-state index is -1.16. The minimum absolute atomic E-state index is 0.000136. The molecule has 2 aromatic heterocycles. The van der Waals surface area contributed by atoms with Crippen molar-refractivity contribution in [2.75, 3.05) is 16.8 Å². The van der Waals surface area contributed by atoms with E-state index in [1.54, 1.807) is 12.1 Å². The monoisotopic (exact) mass is 534 g/mol. The Morgan fingerprint density at radius 3 is 2.59 bits per heavy atom. The molecule has 0 bridgehead atoms. The molecule has 9 heteroatoms. The molecule has 0 amide bonds. The lowest BCUT2D eigenvalue weighted by molar-refractivity contribution is 0.0684. The maximum atomic E-state index is 14.2. The van der Waals surface area contributed by atoms with Crippen molar-refractivity contribution < 1.29 is 14.3 Å². The summed E-state index contributed by atoms with van der Waals surface area (Å²) in [6.07, 6.45) is 10.2. The number of rotatable bonds is 8. The van der Waals surface area contributed by atoms with Crippen molar-refractivity contribution in [3.8, 4) is 0 Å². The fraction of sp³-hybridized carbons (Fsp3) is 0.600. The van der Waals surface area contributed by atoms with Crippen LogP contribution in [0.4, 0.5) is 16.2 Å². The van der Waals surface area contributed by atoms with Crippen LogP contribution in [-0.2, 0) is 6.54 Å². The third kappa shape index (κ3) is 5.20. The smallest absolute Gasteiger partial charge is 0.374 e. The molecule has 3 fully saturated rings. The molecule has 6 rings (SSSR count). The highest BCUT2D eigenvalue weighted by Crippen LogP contribution is 2.40. The molecule has 3 heterocycles. The second-order valence-corrected chi connectivity index (χ2v) is 12.1. The zero-order valence-electron chi connectivity index (χ0n) is 22.9. The van der Waals surface area contributed by atoms with E-state index in [-0.39, 0.29) is 23.7 Å². The Kier molecular flexibility index (Phi) is 7.16. The van der Waals surface area contributed by atoms with Crippen LogP contribution >= 0.6 is 0 Å². The number of carbonyl (C=O) groups is 1. The van der Waals surface area contributed by atoms with Crippen molar-refractivity contribution in [1.29, 1.82) is 0 Å². The summed E-state index contributed by atoms with van der Waals surface area (Å²) in [5.41, 5.74) is 2.13. The molecule has 8 nitrogen and oxygen atoms in total. The van der Waals surface area contributed by atoms with Crippen molar-refractivity contribution in [3.63, 3.8) is 0 Å². The topological polar surface area (TPSA) is 96.2 Å². The first-order valence-electron chi connectivity index (χ1n) is 14.7. The second kappa shape index (κ2) is 10.7. The first-order valence-corrected chi connectivity index (χ1v) is 14.7. The highest BCUT2D eigenvalue weighted by atomic mass is 19.1. The van der Waals surface area contributed by atoms with Gasteiger partial charge in [0.2, 0.25) is 11.8 Å². The van der Waals surface area contributed by atoms with Gasteiger partial charge in [-0.1, -0.05) is 38.3 Å². The summed E-state index contributed by atoms with van der Waals surface area (Å²) in [6.45, 7) is 6.07. The summed E-state index contributed by atoms with van der Waals surface area (Å²) in [5, 5.41) is 13.4. The fourth-order valence-corrected chi connectivity index (χ4v) is 6.72. The number of anilines is 2. The number of carboxylic acid groups (broad SMARTS) is 1. The van der Waals surface area contributed by atoms with Gasteiger partial charge in [0.05, 0.1) is 6.04 Å². The molecule has 39 heavy (non-hydrogen) atoms. The quantitative estimate of drug-likeness (QED) is 0.344. The molecule has 208 valence electrons. The molecule has 2 saturated carbocycles. The molecule has 1 aromatic carbocycles. The molecule has 1 aliphatic heterocycles. The average Bonchev–Trinajstić information content (AvgIpc) is 3.49. The molecule has 3 aromatic rings. The highest BCUT2D eigenvalue weighted by Gasteiger charge is 2.34. The number of benzene rings is 1. The lowest BCUT2D eigenvalue weighted by Crippen LogP contribution is -2.32. The SMILES string of the molecule is CC1CCC(Cn2c(N3CCCC3c3cccc(F)c3)nc3nc(C(=O)O)nc(NC(C)C4CCC4)c32)CC1. The summed E-state index contributed by atoms with van der Waals surface area (Å²) in [5.74, 6) is 1.51. The maximum absolute atomic E-state index is 14.2. The molecule has 0 spiro atoms. The van der Waals surface area contributed by atoms with Crippen molar-refractivity contribution >= 4 is 28.9 Å². The molecule has 2 aliphatic carbocycles. The first kappa shape index (κ1) is 26.0. The summed E-state index contributed by atoms with van der Waals surface area (Å²) < 4.78 is 16.5. The van der Waals surface area contributed by atoms with Crippen LogP contribution in [0.2, 0.25) is 0 Å². The standard InChI is InChI=1S/C30H39FN6O2/c1-18-11-13-20(14-12-18)17-37-25-26(32-19(2)21-6-3-7-21)33-28(29(38)39)34-27(25)35-30(37)36-15-5-10-24(36)22-8-4-9-23(31)16-22/h4,8-9,16,18-21,24H,3,5-7,10-15,17H2,1-2H3,(H,38,39)(H,32,33,34). The van der Waals surface area contributed by atoms with E-state index in [9.17, 15) is 14.3 Å². The van der Waals surface area contributed by atoms with E-state index in [1.165, 1.54) is 38.2 Å². The maximum Gasteiger partial charge on any atom is 0.374 e. The molecule has 3 aliphatic rings. The molecule has 0 radical (unpaired) electrons. The Bertz CT molecular complexity index is 1350. The Labute approximate surface area is 229 Å². The second-order valence-electron chi connectivity index (χ2n) is 12.1. The molecule has 2 atom stereocenters. The van der Waals surface area contributed by atoms with E-state index in [0.717, 1.165) is 61.7 Å². The van der Waals surface area contributed by atoms with E-state index in [4.69, 9.17) is 4.98 Å². The van der Waals surface area contributed by atoms with E-state index < -0.39 is 5.97 Å². The average molecular weight is 535 g/mol. The van der Waals surface area contributed by atoms with Crippen LogP contribution < -0.4 is 10.2 Å². The molecule has 2 unspecified atom stereocenters. The van der Waals surface area contributed by atoms with Gasteiger partial charge in [-0.25, -0.2) is 19.2 Å². The number of nitrogens with zero attached hydrogens (tertiary/aromatic N) is 5. The number of hydrogen-bond donors (Lipinski definition) is 2. The lowest BCUT2D eigenvalue weighted by atomic mass is 9.80. The van der Waals surface area contributed by atoms with E-state index in [2.05, 4.69) is 38.6 Å². The van der Waals surface area contributed by atoms with E-state index in [0.29, 0.717) is 23.3 Å². The van der Waals surface area contributed by atoms with Crippen molar-refractivity contribution in [3.05, 3.63) is 41.5 Å². The summed E-state index contributed by atoms with van der Waals surface area (Å²) >= 11 is 0. The van der Waals surface area contributed by atoms with Gasteiger partial charge in [0.25, 0.3) is 0 Å². The highest BCUT2D eigenvalue weighted by molar-refractivity contribution is 5.91. The van der Waals surface area contributed by atoms with E-state index in [1.807, 2.05) is 6.07 Å². The number of halogens is 1. The Balaban J connectivity index is 1.47. The van der Waals surface area contributed by atoms with Gasteiger partial charge < -0.3 is 19.9 Å². The largest absolute Gasteiger partial charge is 0.475 e. The lowest BCUT2D eigenvalue weighted by Gasteiger charge is -2.33. The molecular formula is C30H39FN6O2.